The minimum Gasteiger partial charge on any atom is -0.339 e. The predicted molar refractivity (Wildman–Crippen MR) is 79.1 cm³/mol. The van der Waals surface area contributed by atoms with Gasteiger partial charge in [0.25, 0.3) is 0 Å². The minimum atomic E-state index is -0.269. The second-order valence-corrected chi connectivity index (χ2v) is 7.04. The normalized spacial score (nSPS) is 30.8. The van der Waals surface area contributed by atoms with Gasteiger partial charge in [-0.25, -0.2) is 0 Å². The maximum absolute atomic E-state index is 11.8. The number of carbonyl (C=O) groups excluding carboxylic acids is 1. The zero-order valence-corrected chi connectivity index (χ0v) is 13.4. The molecule has 0 N–H and O–H groups in total. The third kappa shape index (κ3) is 2.63. The molecule has 2 bridgehead atoms. The topological polar surface area (TPSA) is 59.2 Å². The Morgan fingerprint density at radius 1 is 1.29 bits per heavy atom. The van der Waals surface area contributed by atoms with Crippen LogP contribution in [-0.2, 0) is 4.79 Å². The molecule has 116 valence electrons. The molecule has 0 aromatic carbocycles. The zero-order valence-electron chi connectivity index (χ0n) is 13.4. The summed E-state index contributed by atoms with van der Waals surface area (Å²) in [5.74, 6) is 1.71. The molecule has 0 spiro atoms. The van der Waals surface area contributed by atoms with Crippen molar-refractivity contribution in [2.45, 2.75) is 70.4 Å². The van der Waals surface area contributed by atoms with E-state index < -0.39 is 0 Å². The Labute approximate surface area is 126 Å². The molecule has 21 heavy (non-hydrogen) atoms. The fourth-order valence-electron chi connectivity index (χ4n) is 4.09. The van der Waals surface area contributed by atoms with Crippen LogP contribution in [0.4, 0.5) is 0 Å². The maximum Gasteiger partial charge on any atom is 0.237 e. The van der Waals surface area contributed by atoms with E-state index in [4.69, 9.17) is 4.52 Å². The number of piperidine rings is 1. The van der Waals surface area contributed by atoms with Crippen molar-refractivity contribution in [3.63, 3.8) is 0 Å². The van der Waals surface area contributed by atoms with Crippen LogP contribution in [-0.4, -0.2) is 40.0 Å². The Balaban J connectivity index is 1.78. The van der Waals surface area contributed by atoms with Gasteiger partial charge in [0.2, 0.25) is 5.89 Å². The third-order valence-electron chi connectivity index (χ3n) is 5.29. The number of hydrogen-bond donors (Lipinski definition) is 0. The van der Waals surface area contributed by atoms with Gasteiger partial charge in [-0.3, -0.25) is 4.79 Å². The van der Waals surface area contributed by atoms with Crippen LogP contribution in [0.25, 0.3) is 0 Å². The Morgan fingerprint density at radius 2 is 1.90 bits per heavy atom. The van der Waals surface area contributed by atoms with Crippen LogP contribution in [0.15, 0.2) is 4.52 Å². The summed E-state index contributed by atoms with van der Waals surface area (Å²) in [5, 5.41) is 4.19. The summed E-state index contributed by atoms with van der Waals surface area (Å²) in [5.41, 5.74) is 0. The van der Waals surface area contributed by atoms with E-state index in [1.54, 1.807) is 6.92 Å². The molecule has 0 saturated carbocycles. The van der Waals surface area contributed by atoms with E-state index >= 15 is 0 Å². The smallest absolute Gasteiger partial charge is 0.237 e. The molecule has 2 fully saturated rings. The lowest BCUT2D eigenvalue weighted by Gasteiger charge is -2.34. The highest BCUT2D eigenvalue weighted by Gasteiger charge is 2.40. The highest BCUT2D eigenvalue weighted by atomic mass is 16.5. The maximum atomic E-state index is 11.8. The van der Waals surface area contributed by atoms with Gasteiger partial charge < -0.3 is 9.42 Å². The first kappa shape index (κ1) is 14.7. The summed E-state index contributed by atoms with van der Waals surface area (Å²) in [4.78, 5) is 18.9. The Hall–Kier alpha value is -1.23. The van der Waals surface area contributed by atoms with E-state index in [1.165, 1.54) is 12.8 Å². The van der Waals surface area contributed by atoms with E-state index in [1.807, 2.05) is 13.8 Å². The van der Waals surface area contributed by atoms with Crippen molar-refractivity contribution in [3.8, 4) is 0 Å². The second-order valence-electron chi connectivity index (χ2n) is 7.04. The number of rotatable bonds is 4. The predicted octanol–water partition coefficient (Wildman–Crippen LogP) is 2.74. The summed E-state index contributed by atoms with van der Waals surface area (Å²) >= 11 is 0. The van der Waals surface area contributed by atoms with Gasteiger partial charge in [-0.2, -0.15) is 4.98 Å². The van der Waals surface area contributed by atoms with Crippen molar-refractivity contribution in [2.24, 2.45) is 5.92 Å². The van der Waals surface area contributed by atoms with E-state index in [0.717, 1.165) is 18.7 Å². The van der Waals surface area contributed by atoms with E-state index in [-0.39, 0.29) is 17.6 Å². The molecule has 1 aromatic heterocycles. The number of aromatic nitrogens is 2. The molecule has 0 radical (unpaired) electrons. The van der Waals surface area contributed by atoms with Gasteiger partial charge in [-0.05, 0) is 45.6 Å². The molecule has 1 aromatic rings. The number of hydrogen-bond acceptors (Lipinski definition) is 5. The molecule has 3 rings (SSSR count). The molecule has 5 heteroatoms. The monoisotopic (exact) mass is 291 g/mol. The first-order valence-electron chi connectivity index (χ1n) is 8.03. The molecule has 3 unspecified atom stereocenters. The Kier molecular flexibility index (Phi) is 3.86. The van der Waals surface area contributed by atoms with Crippen molar-refractivity contribution >= 4 is 5.78 Å². The van der Waals surface area contributed by atoms with Crippen LogP contribution in [0.2, 0.25) is 0 Å². The average Bonchev–Trinajstić information content (AvgIpc) is 2.92. The van der Waals surface area contributed by atoms with Gasteiger partial charge in [0, 0.05) is 18.0 Å². The fourth-order valence-corrected chi connectivity index (χ4v) is 4.09. The van der Waals surface area contributed by atoms with Crippen LogP contribution in [0, 0.1) is 5.92 Å². The van der Waals surface area contributed by atoms with Gasteiger partial charge >= 0.3 is 0 Å². The standard InChI is InChI=1S/C16H25N3O2/c1-9(2)14(10(3)20)16-17-15(18-21-16)11-7-12-5-6-13(8-11)19(12)4/h9,11-14H,5-8H2,1-4H3. The highest BCUT2D eigenvalue weighted by molar-refractivity contribution is 5.82. The number of Topliss-reactive ketones (excluding diaryl/α,β-unsaturated/α-hetero) is 1. The summed E-state index contributed by atoms with van der Waals surface area (Å²) in [6.07, 6.45) is 4.78. The van der Waals surface area contributed by atoms with E-state index in [9.17, 15) is 4.79 Å². The van der Waals surface area contributed by atoms with Gasteiger partial charge in [-0.15, -0.1) is 0 Å². The van der Waals surface area contributed by atoms with Crippen LogP contribution < -0.4 is 0 Å². The fraction of sp³-hybridized carbons (Fsp3) is 0.812. The lowest BCUT2D eigenvalue weighted by atomic mass is 9.90. The molecule has 3 heterocycles. The van der Waals surface area contributed by atoms with Crippen molar-refractivity contribution in [2.75, 3.05) is 7.05 Å². The molecule has 0 amide bonds. The van der Waals surface area contributed by atoms with Crippen LogP contribution in [0.5, 0.6) is 0 Å². The minimum absolute atomic E-state index is 0.101. The van der Waals surface area contributed by atoms with Crippen molar-refractivity contribution in [1.82, 2.24) is 15.0 Å². The number of ketones is 1. The van der Waals surface area contributed by atoms with Crippen LogP contribution >= 0.6 is 0 Å². The van der Waals surface area contributed by atoms with Crippen LogP contribution in [0.3, 0.4) is 0 Å². The molecular formula is C16H25N3O2. The van der Waals surface area contributed by atoms with E-state index in [0.29, 0.717) is 23.9 Å². The highest BCUT2D eigenvalue weighted by Crippen LogP contribution is 2.41. The zero-order chi connectivity index (χ0) is 15.1. The van der Waals surface area contributed by atoms with Gasteiger partial charge in [0.15, 0.2) is 5.82 Å². The lowest BCUT2D eigenvalue weighted by molar-refractivity contribution is -0.119. The summed E-state index contributed by atoms with van der Waals surface area (Å²) in [6.45, 7) is 5.64. The molecule has 2 aliphatic heterocycles. The van der Waals surface area contributed by atoms with Crippen molar-refractivity contribution < 1.29 is 9.32 Å². The molecule has 0 aliphatic carbocycles. The first-order valence-corrected chi connectivity index (χ1v) is 8.03. The van der Waals surface area contributed by atoms with E-state index in [2.05, 4.69) is 22.1 Å². The number of nitrogens with zero attached hydrogens (tertiary/aromatic N) is 3. The first-order chi connectivity index (χ1) is 9.97. The molecule has 2 aliphatic rings. The number of fused-ring (bicyclic) bond motifs is 2. The summed E-state index contributed by atoms with van der Waals surface area (Å²) < 4.78 is 5.42. The molecular weight excluding hydrogens is 266 g/mol. The second kappa shape index (κ2) is 5.52. The SMILES string of the molecule is CC(=O)C(c1nc(C2CC3CCC(C2)N3C)no1)C(C)C. The largest absolute Gasteiger partial charge is 0.339 e. The van der Waals surface area contributed by atoms with Gasteiger partial charge in [0.1, 0.15) is 5.78 Å². The quantitative estimate of drug-likeness (QED) is 0.853. The van der Waals surface area contributed by atoms with Crippen molar-refractivity contribution in [1.29, 1.82) is 0 Å². The van der Waals surface area contributed by atoms with Gasteiger partial charge in [0.05, 0.1) is 5.92 Å². The molecule has 2 saturated heterocycles. The third-order valence-corrected chi connectivity index (χ3v) is 5.29. The summed E-state index contributed by atoms with van der Waals surface area (Å²) in [7, 11) is 2.23. The van der Waals surface area contributed by atoms with Gasteiger partial charge in [-0.1, -0.05) is 19.0 Å². The Morgan fingerprint density at radius 3 is 2.43 bits per heavy atom. The number of carbonyl (C=O) groups is 1. The Bertz CT molecular complexity index is 511. The van der Waals surface area contributed by atoms with Crippen molar-refractivity contribution in [3.05, 3.63) is 11.7 Å². The lowest BCUT2D eigenvalue weighted by Crippen LogP contribution is -2.39. The molecule has 3 atom stereocenters. The summed E-state index contributed by atoms with van der Waals surface area (Å²) in [6, 6.07) is 1.31. The molecule has 5 nitrogen and oxygen atoms in total. The average molecular weight is 291 g/mol. The van der Waals surface area contributed by atoms with Crippen LogP contribution in [0.1, 0.15) is 70.0 Å².